The van der Waals surface area contributed by atoms with Crippen LogP contribution >= 0.6 is 0 Å². The quantitative estimate of drug-likeness (QED) is 0.212. The van der Waals surface area contributed by atoms with Gasteiger partial charge in [-0.3, -0.25) is 0 Å². The highest BCUT2D eigenvalue weighted by molar-refractivity contribution is 5.19. The van der Waals surface area contributed by atoms with Crippen LogP contribution in [-0.2, 0) is 0 Å². The van der Waals surface area contributed by atoms with Gasteiger partial charge in [-0.1, -0.05) is 611 Å². The maximum atomic E-state index is 2.44. The van der Waals surface area contributed by atoms with E-state index in [0.29, 0.717) is 59.6 Å². The minimum atomic E-state index is 0. The van der Waals surface area contributed by atoms with E-state index in [2.05, 4.69) is 368 Å². The van der Waals surface area contributed by atoms with E-state index in [1.54, 1.807) is 5.57 Å². The summed E-state index contributed by atoms with van der Waals surface area (Å²) in [6, 6.07) is 0. The summed E-state index contributed by atoms with van der Waals surface area (Å²) < 4.78 is 0. The molecule has 11 aliphatic rings. The fourth-order valence-corrected chi connectivity index (χ4v) is 16.4. The molecule has 0 fully saturated rings. The Hall–Kier alpha value is -3.12. The highest BCUT2D eigenvalue weighted by Gasteiger charge is 2.31. The highest BCUT2D eigenvalue weighted by atomic mass is 14.4. The third kappa shape index (κ3) is 108. The van der Waals surface area contributed by atoms with Crippen molar-refractivity contribution in [3.63, 3.8) is 0 Å². The maximum absolute atomic E-state index is 2.44. The number of allylic oxidation sites excluding steroid dienone is 24. The van der Waals surface area contributed by atoms with Gasteiger partial charge in [-0.25, -0.2) is 0 Å². The Morgan fingerprint density at radius 3 is 0.603 bits per heavy atom. The largest absolute Gasteiger partial charge is 0.0885 e. The average molecular weight is 1990 g/mol. The molecule has 0 saturated heterocycles. The summed E-state index contributed by atoms with van der Waals surface area (Å²) in [6.45, 7) is 121. The van der Waals surface area contributed by atoms with Crippen molar-refractivity contribution in [3.05, 3.63) is 145 Å². The van der Waals surface area contributed by atoms with Crippen molar-refractivity contribution in [2.24, 2.45) is 119 Å². The predicted octanol–water partition coefficient (Wildman–Crippen LogP) is 54.0. The van der Waals surface area contributed by atoms with Crippen LogP contribution < -0.4 is 0 Å². The van der Waals surface area contributed by atoms with Crippen molar-refractivity contribution in [3.8, 4) is 0 Å². The maximum Gasteiger partial charge on any atom is -0.0147 e. The van der Waals surface area contributed by atoms with Gasteiger partial charge in [-0.05, 0) is 305 Å². The summed E-state index contributed by atoms with van der Waals surface area (Å²) in [5, 5.41) is 0. The molecule has 141 heavy (non-hydrogen) atoms. The molecule has 0 aliphatic heterocycles. The Kier molecular flexibility index (Phi) is 142. The van der Waals surface area contributed by atoms with Gasteiger partial charge >= 0.3 is 0 Å². The molecule has 11 rings (SSSR count). The molecule has 0 aromatic heterocycles. The van der Waals surface area contributed by atoms with Gasteiger partial charge in [0.2, 0.25) is 0 Å². The molecule has 0 saturated carbocycles. The third-order valence-corrected chi connectivity index (χ3v) is 26.3. The number of hydrogen-bond donors (Lipinski definition) is 0. The molecule has 0 N–H and O–H groups in total. The van der Waals surface area contributed by atoms with Crippen molar-refractivity contribution >= 4 is 0 Å². The van der Waals surface area contributed by atoms with E-state index in [9.17, 15) is 0 Å². The fraction of sp³-hybridized carbons (Fsp3) is 0.830. The molecule has 860 valence electrons. The molecule has 11 aliphatic carbocycles. The molecule has 0 amide bonds. The van der Waals surface area contributed by atoms with Gasteiger partial charge in [0.05, 0.1) is 0 Å². The summed E-state index contributed by atoms with van der Waals surface area (Å²) in [7, 11) is 0. The molecule has 0 heteroatoms. The Bertz CT molecular complexity index is 2700. The van der Waals surface area contributed by atoms with E-state index >= 15 is 0 Å². The summed E-state index contributed by atoms with van der Waals surface area (Å²) in [5.41, 5.74) is 6.97. The zero-order valence-electron chi connectivity index (χ0n) is 103. The van der Waals surface area contributed by atoms with Crippen LogP contribution in [0.4, 0.5) is 0 Å². The molecule has 0 aromatic rings. The predicted molar refractivity (Wildman–Crippen MR) is 689 cm³/mol. The van der Waals surface area contributed by atoms with E-state index in [1.807, 2.05) is 152 Å². The molecule has 9 atom stereocenters. The summed E-state index contributed by atoms with van der Waals surface area (Å²) >= 11 is 0. The van der Waals surface area contributed by atoms with Crippen LogP contribution in [-0.4, -0.2) is 0 Å². The molecule has 0 bridgehead atoms. The van der Waals surface area contributed by atoms with Gasteiger partial charge in [-0.2, -0.15) is 0 Å². The zero-order chi connectivity index (χ0) is 106. The van der Waals surface area contributed by atoms with E-state index in [4.69, 9.17) is 0 Å². The van der Waals surface area contributed by atoms with Crippen LogP contribution in [0.2, 0.25) is 0 Å². The molecule has 0 heterocycles. The Morgan fingerprint density at radius 2 is 0.390 bits per heavy atom. The molecule has 0 aromatic carbocycles. The molecule has 0 radical (unpaired) electrons. The smallest absolute Gasteiger partial charge is 0.0147 e. The highest BCUT2D eigenvalue weighted by Crippen LogP contribution is 2.42. The normalized spacial score (nSPS) is 21.1. The van der Waals surface area contributed by atoms with Crippen molar-refractivity contribution in [2.45, 2.75) is 652 Å². The average Bonchev–Trinajstić information content (AvgIpc) is 1.65. The van der Waals surface area contributed by atoms with Crippen LogP contribution in [0.15, 0.2) is 145 Å². The van der Waals surface area contributed by atoms with Crippen LogP contribution in [0.25, 0.3) is 0 Å². The summed E-state index contributed by atoms with van der Waals surface area (Å²) in [4.78, 5) is 0. The first kappa shape index (κ1) is 183. The lowest BCUT2D eigenvalue weighted by Gasteiger charge is -2.31. The Morgan fingerprint density at radius 1 is 0.163 bits per heavy atom. The molecule has 9 unspecified atom stereocenters. The van der Waals surface area contributed by atoms with Gasteiger partial charge in [0.25, 0.3) is 0 Å². The molecule has 0 spiro atoms. The van der Waals surface area contributed by atoms with Crippen LogP contribution in [0.5, 0.6) is 0 Å². The van der Waals surface area contributed by atoms with E-state index in [0.717, 1.165) is 59.2 Å². The fourth-order valence-electron chi connectivity index (χ4n) is 16.4. The van der Waals surface area contributed by atoms with Gasteiger partial charge in [0.15, 0.2) is 0 Å². The Balaban J connectivity index is -0.0000000666. The molecular weight excluding hydrogens is 1690 g/mol. The second-order valence-corrected chi connectivity index (χ2v) is 47.6. The van der Waals surface area contributed by atoms with Gasteiger partial charge in [0.1, 0.15) is 0 Å². The van der Waals surface area contributed by atoms with Gasteiger partial charge < -0.3 is 0 Å². The second-order valence-electron chi connectivity index (χ2n) is 47.6. The van der Waals surface area contributed by atoms with Crippen molar-refractivity contribution < 1.29 is 0 Å². The first-order chi connectivity index (χ1) is 62.2. The minimum absolute atomic E-state index is 0. The Labute approximate surface area is 910 Å². The molecule has 0 nitrogen and oxygen atoms in total. The van der Waals surface area contributed by atoms with Crippen molar-refractivity contribution in [2.75, 3.05) is 0 Å². The zero-order valence-corrected chi connectivity index (χ0v) is 103. The number of rotatable bonds is 0. The van der Waals surface area contributed by atoms with Gasteiger partial charge in [-0.15, -0.1) is 0 Å². The summed E-state index contributed by atoms with van der Waals surface area (Å²) in [6.07, 6.45) is 98.1. The van der Waals surface area contributed by atoms with Crippen molar-refractivity contribution in [1.82, 2.24) is 0 Å². The SMILES string of the molecule is C.C.C.C.C.C.C.C.CC.CC.CC.CC.CC.CC.CC.CC.CC.CC.CC.CC(C)(C)C1/C=C\CCCCC1.CC(C)(C)C1=CCC1.CC(C)(C)C1C=CC1.CC(C)(C)C1C=CC=CC1.CC(C)(C)C1C=CCC1.CC(C)(C)C1C=CCCC1.CC(C)(C)C1C=CCCCC1.CC(C)(C)C1C=CCCCC1.CC(C)(C)C1CC/C=C\CCC1.CC(C)(C)C1CC=CC1.CC(C)(C)C1CC=CCCC1. The molecular formula is C141H296. The van der Waals surface area contributed by atoms with Crippen LogP contribution in [0.3, 0.4) is 0 Å². The second kappa shape index (κ2) is 110. The minimum Gasteiger partial charge on any atom is -0.0885 e. The van der Waals surface area contributed by atoms with E-state index in [1.165, 1.54) is 212 Å². The van der Waals surface area contributed by atoms with E-state index in [-0.39, 0.29) is 59.4 Å². The van der Waals surface area contributed by atoms with Gasteiger partial charge in [0, 0.05) is 0 Å². The lowest BCUT2D eigenvalue weighted by atomic mass is 9.74. The monoisotopic (exact) mass is 1990 g/mol. The standard InChI is InChI=1S/2C12H22.3C11H20.C10H18.C10H16.2C9H16.2C8H14.11C2H6.8CH4/c2*1-12(2,3)11-9-7-5-4-6-8-10-11;3*1-11(2,3)10-8-6-4-5-7-9-10;2*1-10(2,3)9-7-5-4-6-8-9;2*1-9(2,3)8-6-4-5-7-8;2*1-8(2,3)7-5-4-6-7;11*1-2;;;;;;;;/h7,9,11H,4-6,8,10H2,1-3H3;4-5,11H,6-10H2,1-3H3;2*6,8,10H,4-5,7,9H2,1-3H3;4,6,10H,5,7-9H2,1-3H3;5,7,9H,4,6,8H2,1-3H3;4-7,9H,8H2,1-3H3;4,6,8H,5,7H2,1-3H3;4-5,8H,6-7H2,1-3H3;5H,4,6H2,1-3H3;4-5,7H,6H2,1-3H3;11*1-2H3;8*1H4/b9-7-;5-4-;;;;;;;;;;;;;;;;;;;;;;;;;;;;. The lowest BCUT2D eigenvalue weighted by molar-refractivity contribution is 0.208. The van der Waals surface area contributed by atoms with E-state index < -0.39 is 0 Å². The van der Waals surface area contributed by atoms with Crippen LogP contribution in [0.1, 0.15) is 652 Å². The number of hydrogen-bond acceptors (Lipinski definition) is 0. The van der Waals surface area contributed by atoms with Crippen molar-refractivity contribution in [1.29, 1.82) is 0 Å². The summed E-state index contributed by atoms with van der Waals surface area (Å²) in [5.74, 6) is 8.40. The first-order valence-corrected chi connectivity index (χ1v) is 58.1. The van der Waals surface area contributed by atoms with Crippen LogP contribution in [0, 0.1) is 119 Å². The lowest BCUT2D eigenvalue weighted by Crippen LogP contribution is -2.21. The topological polar surface area (TPSA) is 0 Å². The third-order valence-electron chi connectivity index (χ3n) is 26.3. The first-order valence-electron chi connectivity index (χ1n) is 58.1.